The molecule has 0 bridgehead atoms. The van der Waals surface area contributed by atoms with Crippen molar-refractivity contribution in [3.8, 4) is 5.88 Å². The summed E-state index contributed by atoms with van der Waals surface area (Å²) >= 11 is 0. The van der Waals surface area contributed by atoms with Gasteiger partial charge < -0.3 is 24.8 Å². The first-order valence-electron chi connectivity index (χ1n) is 8.98. The van der Waals surface area contributed by atoms with Crippen LogP contribution < -0.4 is 5.69 Å². The fourth-order valence-corrected chi connectivity index (χ4v) is 2.35. The van der Waals surface area contributed by atoms with Crippen LogP contribution >= 0.6 is 0 Å². The van der Waals surface area contributed by atoms with Crippen molar-refractivity contribution in [1.82, 2.24) is 9.13 Å². The van der Waals surface area contributed by atoms with Gasteiger partial charge in [-0.1, -0.05) is 6.92 Å². The van der Waals surface area contributed by atoms with E-state index in [-0.39, 0.29) is 36.8 Å². The third-order valence-corrected chi connectivity index (χ3v) is 4.20. The van der Waals surface area contributed by atoms with E-state index in [1.807, 2.05) is 0 Å². The molecule has 2 aromatic rings. The average Bonchev–Trinajstić information content (AvgIpc) is 2.96. The highest BCUT2D eigenvalue weighted by Gasteiger charge is 2.16. The fourth-order valence-electron chi connectivity index (χ4n) is 2.35. The quantitative estimate of drug-likeness (QED) is 0.494. The average molecular weight is 408 g/mol. The number of hydrogen-bond donors (Lipinski definition) is 3. The molecule has 0 aliphatic heterocycles. The molecule has 1 aromatic carbocycles. The molecule has 0 saturated heterocycles. The van der Waals surface area contributed by atoms with E-state index in [9.17, 15) is 29.7 Å². The van der Waals surface area contributed by atoms with Crippen LogP contribution in [0.4, 0.5) is 0 Å². The number of nitrogens with zero attached hydrogens (tertiary/aromatic N) is 2. The van der Waals surface area contributed by atoms with Gasteiger partial charge in [-0.05, 0) is 30.7 Å². The molecule has 2 atom stereocenters. The first-order chi connectivity index (χ1) is 13.7. The fraction of sp³-hybridized carbons (Fsp3) is 0.421. The summed E-state index contributed by atoms with van der Waals surface area (Å²) in [7, 11) is 1.38. The Morgan fingerprint density at radius 3 is 1.90 bits per heavy atom. The van der Waals surface area contributed by atoms with E-state index in [4.69, 9.17) is 9.47 Å². The number of ether oxygens (including phenoxy) is 2. The van der Waals surface area contributed by atoms with Crippen molar-refractivity contribution in [1.29, 1.82) is 0 Å². The minimum atomic E-state index is -1.15. The van der Waals surface area contributed by atoms with E-state index in [1.54, 1.807) is 6.92 Å². The van der Waals surface area contributed by atoms with Gasteiger partial charge in [-0.2, -0.15) is 0 Å². The van der Waals surface area contributed by atoms with Crippen LogP contribution in [0.25, 0.3) is 0 Å². The number of aliphatic hydroxyl groups excluding tert-OH is 2. The highest BCUT2D eigenvalue weighted by molar-refractivity contribution is 5.93. The van der Waals surface area contributed by atoms with Crippen LogP contribution in [-0.4, -0.2) is 61.8 Å². The standard InChI is InChI=1S/C19H24N2O8/c1-3-14(22)10-28-17(25)12-4-6-13(7-5-12)18(26)29-11-15(23)8-21-9-16(24)20(2)19(21)27/h4-7,9,14-15,22-24H,3,8,10-11H2,1-2H3. The van der Waals surface area contributed by atoms with Gasteiger partial charge in [0.1, 0.15) is 19.3 Å². The number of carbonyl (C=O) groups excluding carboxylic acids is 2. The van der Waals surface area contributed by atoms with E-state index >= 15 is 0 Å². The molecule has 3 N–H and O–H groups in total. The zero-order chi connectivity index (χ0) is 21.6. The lowest BCUT2D eigenvalue weighted by molar-refractivity contribution is 0.0213. The van der Waals surface area contributed by atoms with E-state index in [2.05, 4.69) is 0 Å². The van der Waals surface area contributed by atoms with Crippen molar-refractivity contribution in [2.45, 2.75) is 32.1 Å². The zero-order valence-electron chi connectivity index (χ0n) is 16.1. The molecule has 0 radical (unpaired) electrons. The molecule has 1 heterocycles. The molecule has 0 spiro atoms. The van der Waals surface area contributed by atoms with Crippen LogP contribution in [0.3, 0.4) is 0 Å². The molecule has 2 unspecified atom stereocenters. The Morgan fingerprint density at radius 1 is 1.00 bits per heavy atom. The minimum absolute atomic E-state index is 0.112. The van der Waals surface area contributed by atoms with Crippen molar-refractivity contribution >= 4 is 11.9 Å². The lowest BCUT2D eigenvalue weighted by Crippen LogP contribution is -2.30. The lowest BCUT2D eigenvalue weighted by Gasteiger charge is -2.12. The summed E-state index contributed by atoms with van der Waals surface area (Å²) in [6, 6.07) is 5.53. The molecule has 1 aromatic heterocycles. The van der Waals surface area contributed by atoms with Gasteiger partial charge in [-0.15, -0.1) is 0 Å². The Labute approximate surface area is 166 Å². The van der Waals surface area contributed by atoms with Crippen LogP contribution in [-0.2, 0) is 23.1 Å². The van der Waals surface area contributed by atoms with Crippen LogP contribution in [0.2, 0.25) is 0 Å². The highest BCUT2D eigenvalue weighted by Crippen LogP contribution is 2.09. The number of rotatable bonds is 9. The van der Waals surface area contributed by atoms with Crippen LogP contribution in [0, 0.1) is 0 Å². The van der Waals surface area contributed by atoms with Crippen LogP contribution in [0.5, 0.6) is 5.88 Å². The van der Waals surface area contributed by atoms with E-state index in [0.717, 1.165) is 9.13 Å². The molecule has 10 heteroatoms. The predicted molar refractivity (Wildman–Crippen MR) is 101 cm³/mol. The Hall–Kier alpha value is -3.11. The van der Waals surface area contributed by atoms with E-state index in [0.29, 0.717) is 6.42 Å². The molecule has 0 amide bonds. The normalized spacial score (nSPS) is 13.0. The summed E-state index contributed by atoms with van der Waals surface area (Å²) in [5.41, 5.74) is -0.133. The Morgan fingerprint density at radius 2 is 1.48 bits per heavy atom. The molecule has 29 heavy (non-hydrogen) atoms. The Bertz CT molecular complexity index is 900. The van der Waals surface area contributed by atoms with Gasteiger partial charge in [0.25, 0.3) is 0 Å². The maximum Gasteiger partial charge on any atom is 0.338 e. The minimum Gasteiger partial charge on any atom is -0.493 e. The van der Waals surface area contributed by atoms with Crippen LogP contribution in [0.15, 0.2) is 35.3 Å². The molecule has 0 aliphatic carbocycles. The molecule has 158 valence electrons. The summed E-state index contributed by atoms with van der Waals surface area (Å²) < 4.78 is 12.1. The van der Waals surface area contributed by atoms with Crippen molar-refractivity contribution in [2.24, 2.45) is 7.05 Å². The second kappa shape index (κ2) is 9.89. The monoisotopic (exact) mass is 408 g/mol. The first kappa shape index (κ1) is 22.2. The summed E-state index contributed by atoms with van der Waals surface area (Å²) in [5, 5.41) is 28.8. The SMILES string of the molecule is CCC(O)COC(=O)c1ccc(C(=O)OCC(O)Cn2cc(O)n(C)c2=O)cc1. The maximum absolute atomic E-state index is 12.1. The third kappa shape index (κ3) is 5.93. The van der Waals surface area contributed by atoms with Crippen molar-refractivity contribution in [3.05, 3.63) is 52.1 Å². The van der Waals surface area contributed by atoms with Crippen LogP contribution in [0.1, 0.15) is 34.1 Å². The van der Waals surface area contributed by atoms with Gasteiger partial charge >= 0.3 is 17.6 Å². The number of esters is 2. The second-order valence-corrected chi connectivity index (χ2v) is 6.47. The molecule has 0 aliphatic rings. The largest absolute Gasteiger partial charge is 0.493 e. The number of carbonyl (C=O) groups is 2. The zero-order valence-corrected chi connectivity index (χ0v) is 16.1. The molecule has 0 saturated carbocycles. The van der Waals surface area contributed by atoms with Gasteiger partial charge in [0.15, 0.2) is 0 Å². The first-order valence-corrected chi connectivity index (χ1v) is 8.98. The number of hydrogen-bond acceptors (Lipinski definition) is 8. The predicted octanol–water partition coefficient (Wildman–Crippen LogP) is 0.0380. The van der Waals surface area contributed by atoms with E-state index in [1.165, 1.54) is 37.5 Å². The van der Waals surface area contributed by atoms with Crippen molar-refractivity contribution < 1.29 is 34.4 Å². The number of aromatic nitrogens is 2. The van der Waals surface area contributed by atoms with Gasteiger partial charge in [0.05, 0.1) is 30.0 Å². The summed E-state index contributed by atoms with van der Waals surface area (Å²) in [4.78, 5) is 35.7. The number of aromatic hydroxyl groups is 1. The summed E-state index contributed by atoms with van der Waals surface area (Å²) in [5.74, 6) is -1.58. The molecular formula is C19H24N2O8. The Kier molecular flexibility index (Phi) is 7.57. The number of aliphatic hydroxyl groups is 2. The van der Waals surface area contributed by atoms with Gasteiger partial charge in [-0.25, -0.2) is 14.4 Å². The lowest BCUT2D eigenvalue weighted by atomic mass is 10.1. The number of imidazole rings is 1. The van der Waals surface area contributed by atoms with E-state index < -0.39 is 29.8 Å². The van der Waals surface area contributed by atoms with Gasteiger partial charge in [0.2, 0.25) is 5.88 Å². The summed E-state index contributed by atoms with van der Waals surface area (Å²) in [6.07, 6.45) is -0.248. The Balaban J connectivity index is 1.86. The maximum atomic E-state index is 12.1. The van der Waals surface area contributed by atoms with Gasteiger partial charge in [0, 0.05) is 7.05 Å². The van der Waals surface area contributed by atoms with Gasteiger partial charge in [-0.3, -0.25) is 9.13 Å². The topological polar surface area (TPSA) is 140 Å². The highest BCUT2D eigenvalue weighted by atomic mass is 16.5. The van der Waals surface area contributed by atoms with Crippen molar-refractivity contribution in [3.63, 3.8) is 0 Å². The second-order valence-electron chi connectivity index (χ2n) is 6.47. The third-order valence-electron chi connectivity index (χ3n) is 4.20. The van der Waals surface area contributed by atoms with Crippen molar-refractivity contribution in [2.75, 3.05) is 13.2 Å². The molecule has 0 fully saturated rings. The number of benzene rings is 1. The smallest absolute Gasteiger partial charge is 0.338 e. The molecule has 2 rings (SSSR count). The molecular weight excluding hydrogens is 384 g/mol. The molecule has 10 nitrogen and oxygen atoms in total. The summed E-state index contributed by atoms with van der Waals surface area (Å²) in [6.45, 7) is 1.13.